The van der Waals surface area contributed by atoms with Crippen LogP contribution in [0.4, 0.5) is 0 Å². The average Bonchev–Trinajstić information content (AvgIpc) is 2.86. The van der Waals surface area contributed by atoms with Crippen molar-refractivity contribution < 1.29 is 24.2 Å². The first-order chi connectivity index (χ1) is 16.4. The molecule has 0 radical (unpaired) electrons. The van der Waals surface area contributed by atoms with Crippen LogP contribution in [0.3, 0.4) is 0 Å². The molecule has 1 amide bonds. The largest absolute Gasteiger partial charge is 0.489 e. The molecule has 7 nitrogen and oxygen atoms in total. The molecule has 0 fully saturated rings. The van der Waals surface area contributed by atoms with E-state index in [4.69, 9.17) is 15.2 Å². The zero-order valence-electron chi connectivity index (χ0n) is 19.1. The summed E-state index contributed by atoms with van der Waals surface area (Å²) in [6, 6.07) is 24.5. The van der Waals surface area contributed by atoms with Gasteiger partial charge in [0, 0.05) is 0 Å². The van der Waals surface area contributed by atoms with Gasteiger partial charge in [0.25, 0.3) is 0 Å². The highest BCUT2D eigenvalue weighted by Gasteiger charge is 2.29. The van der Waals surface area contributed by atoms with E-state index in [1.54, 1.807) is 6.92 Å². The maximum atomic E-state index is 12.6. The normalized spacial score (nSPS) is 13.5. The molecule has 0 bridgehead atoms. The highest BCUT2D eigenvalue weighted by molar-refractivity contribution is 5.87. The molecule has 3 aromatic rings. The van der Waals surface area contributed by atoms with Crippen LogP contribution in [0.25, 0.3) is 0 Å². The molecule has 0 saturated carbocycles. The van der Waals surface area contributed by atoms with Gasteiger partial charge in [-0.1, -0.05) is 72.8 Å². The molecule has 178 valence electrons. The number of hydrogen-bond donors (Lipinski definition) is 3. The van der Waals surface area contributed by atoms with E-state index in [1.165, 1.54) is 0 Å². The Balaban J connectivity index is 1.49. The summed E-state index contributed by atoms with van der Waals surface area (Å²) in [7, 11) is 0. The first-order valence-corrected chi connectivity index (χ1v) is 11.1. The van der Waals surface area contributed by atoms with Gasteiger partial charge in [-0.05, 0) is 42.2 Å². The molecular formula is C27H30N2O5. The van der Waals surface area contributed by atoms with Gasteiger partial charge in [-0.15, -0.1) is 0 Å². The number of amides is 1. The van der Waals surface area contributed by atoms with Crippen molar-refractivity contribution in [3.05, 3.63) is 102 Å². The van der Waals surface area contributed by atoms with Crippen molar-refractivity contribution in [2.24, 2.45) is 5.73 Å². The van der Waals surface area contributed by atoms with Crippen molar-refractivity contribution in [1.29, 1.82) is 0 Å². The molecule has 7 heteroatoms. The third-order valence-electron chi connectivity index (χ3n) is 5.35. The van der Waals surface area contributed by atoms with Gasteiger partial charge in [-0.2, -0.15) is 0 Å². The lowest BCUT2D eigenvalue weighted by Crippen LogP contribution is -2.53. The summed E-state index contributed by atoms with van der Waals surface area (Å²) in [5.41, 5.74) is 8.89. The van der Waals surface area contributed by atoms with Crippen LogP contribution in [-0.4, -0.2) is 35.2 Å². The molecule has 34 heavy (non-hydrogen) atoms. The molecule has 3 rings (SSSR count). The third-order valence-corrected chi connectivity index (χ3v) is 5.35. The fourth-order valence-electron chi connectivity index (χ4n) is 3.35. The Morgan fingerprint density at radius 2 is 1.41 bits per heavy atom. The molecule has 3 atom stereocenters. The Bertz CT molecular complexity index is 1040. The number of nitrogens with one attached hydrogen (secondary N) is 1. The maximum Gasteiger partial charge on any atom is 0.328 e. The highest BCUT2D eigenvalue weighted by atomic mass is 16.5. The smallest absolute Gasteiger partial charge is 0.328 e. The van der Waals surface area contributed by atoms with Crippen molar-refractivity contribution in [2.75, 3.05) is 0 Å². The van der Waals surface area contributed by atoms with Crippen LogP contribution in [0, 0.1) is 0 Å². The monoisotopic (exact) mass is 462 g/mol. The second kappa shape index (κ2) is 12.5. The summed E-state index contributed by atoms with van der Waals surface area (Å²) >= 11 is 0. The van der Waals surface area contributed by atoms with Gasteiger partial charge in [-0.3, -0.25) is 4.79 Å². The molecule has 0 spiro atoms. The Kier molecular flexibility index (Phi) is 9.20. The summed E-state index contributed by atoms with van der Waals surface area (Å²) in [6.45, 7) is 2.32. The summed E-state index contributed by atoms with van der Waals surface area (Å²) in [5.74, 6) is -1.02. The number of carbonyl (C=O) groups is 2. The Morgan fingerprint density at radius 3 is 1.97 bits per heavy atom. The first-order valence-electron chi connectivity index (χ1n) is 11.1. The Morgan fingerprint density at radius 1 is 0.853 bits per heavy atom. The maximum absolute atomic E-state index is 12.6. The number of hydrogen-bond acceptors (Lipinski definition) is 5. The van der Waals surface area contributed by atoms with E-state index in [0.29, 0.717) is 12.4 Å². The molecule has 0 heterocycles. The molecule has 0 aliphatic carbocycles. The fraction of sp³-hybridized carbons (Fsp3) is 0.259. The van der Waals surface area contributed by atoms with Crippen LogP contribution in [0.2, 0.25) is 0 Å². The topological polar surface area (TPSA) is 111 Å². The van der Waals surface area contributed by atoms with Crippen LogP contribution >= 0.6 is 0 Å². The number of aliphatic carboxylic acids is 1. The van der Waals surface area contributed by atoms with Gasteiger partial charge in [-0.25, -0.2) is 4.79 Å². The van der Waals surface area contributed by atoms with Crippen molar-refractivity contribution in [3.8, 4) is 5.75 Å². The lowest BCUT2D eigenvalue weighted by molar-refractivity contribution is -0.146. The zero-order valence-corrected chi connectivity index (χ0v) is 19.1. The van der Waals surface area contributed by atoms with Crippen LogP contribution < -0.4 is 15.8 Å². The third kappa shape index (κ3) is 7.72. The number of rotatable bonds is 12. The standard InChI is InChI=1S/C27H30N2O5/c1-19(33-17-21-8-4-2-5-9-21)25(27(31)32)29-26(30)24(28)16-20-12-14-23(15-13-20)34-18-22-10-6-3-7-11-22/h2-15,19,24-25H,16-18,28H2,1H3,(H,29,30)(H,31,32)/t19-,24+,25+/m1/s1. The highest BCUT2D eigenvalue weighted by Crippen LogP contribution is 2.15. The molecule has 0 unspecified atom stereocenters. The summed E-state index contributed by atoms with van der Waals surface area (Å²) < 4.78 is 11.4. The molecule has 4 N–H and O–H groups in total. The zero-order chi connectivity index (χ0) is 24.3. The molecule has 0 saturated heterocycles. The van der Waals surface area contributed by atoms with E-state index >= 15 is 0 Å². The lowest BCUT2D eigenvalue weighted by Gasteiger charge is -2.23. The van der Waals surface area contributed by atoms with Crippen LogP contribution in [-0.2, 0) is 34.0 Å². The number of nitrogens with two attached hydrogens (primary N) is 1. The number of carbonyl (C=O) groups excluding carboxylic acids is 1. The second-order valence-electron chi connectivity index (χ2n) is 8.06. The van der Waals surface area contributed by atoms with Gasteiger partial charge >= 0.3 is 5.97 Å². The SMILES string of the molecule is C[C@@H](OCc1ccccc1)[C@H](NC(=O)[C@@H](N)Cc1ccc(OCc2ccccc2)cc1)C(=O)O. The fourth-order valence-corrected chi connectivity index (χ4v) is 3.35. The number of carboxylic acid groups (broad SMARTS) is 1. The minimum Gasteiger partial charge on any atom is -0.489 e. The van der Waals surface area contributed by atoms with Crippen molar-refractivity contribution in [1.82, 2.24) is 5.32 Å². The van der Waals surface area contributed by atoms with E-state index in [9.17, 15) is 14.7 Å². The van der Waals surface area contributed by atoms with E-state index in [1.807, 2.05) is 84.9 Å². The quantitative estimate of drug-likeness (QED) is 0.381. The molecule has 0 aromatic heterocycles. The molecule has 0 aliphatic rings. The Hall–Kier alpha value is -3.68. The average molecular weight is 463 g/mol. The number of carboxylic acids is 1. The van der Waals surface area contributed by atoms with Gasteiger partial charge < -0.3 is 25.6 Å². The van der Waals surface area contributed by atoms with Crippen LogP contribution in [0.15, 0.2) is 84.9 Å². The molecule has 0 aliphatic heterocycles. The van der Waals surface area contributed by atoms with E-state index in [-0.39, 0.29) is 13.0 Å². The van der Waals surface area contributed by atoms with Gasteiger partial charge in [0.2, 0.25) is 5.91 Å². The van der Waals surface area contributed by atoms with Crippen molar-refractivity contribution in [3.63, 3.8) is 0 Å². The van der Waals surface area contributed by atoms with Crippen LogP contribution in [0.5, 0.6) is 5.75 Å². The number of ether oxygens (including phenoxy) is 2. The summed E-state index contributed by atoms with van der Waals surface area (Å²) in [5, 5.41) is 12.1. The predicted octanol–water partition coefficient (Wildman–Crippen LogP) is 3.31. The minimum atomic E-state index is -1.21. The summed E-state index contributed by atoms with van der Waals surface area (Å²) in [4.78, 5) is 24.3. The second-order valence-corrected chi connectivity index (χ2v) is 8.06. The summed E-state index contributed by atoms with van der Waals surface area (Å²) in [6.07, 6.45) is -0.481. The number of benzene rings is 3. The Labute approximate surface area is 199 Å². The van der Waals surface area contributed by atoms with Crippen molar-refractivity contribution >= 4 is 11.9 Å². The lowest BCUT2D eigenvalue weighted by atomic mass is 10.0. The van der Waals surface area contributed by atoms with Gasteiger partial charge in [0.1, 0.15) is 12.4 Å². The van der Waals surface area contributed by atoms with E-state index in [2.05, 4.69) is 5.32 Å². The van der Waals surface area contributed by atoms with E-state index < -0.39 is 30.1 Å². The molecular weight excluding hydrogens is 432 g/mol. The molecule has 3 aromatic carbocycles. The predicted molar refractivity (Wildman–Crippen MR) is 129 cm³/mol. The van der Waals surface area contributed by atoms with Gasteiger partial charge in [0.15, 0.2) is 6.04 Å². The minimum absolute atomic E-state index is 0.242. The van der Waals surface area contributed by atoms with Crippen LogP contribution in [0.1, 0.15) is 23.6 Å². The van der Waals surface area contributed by atoms with Crippen molar-refractivity contribution in [2.45, 2.75) is 44.7 Å². The van der Waals surface area contributed by atoms with E-state index in [0.717, 1.165) is 16.7 Å². The first kappa shape index (κ1) is 25.0. The van der Waals surface area contributed by atoms with Gasteiger partial charge in [0.05, 0.1) is 18.8 Å².